The highest BCUT2D eigenvalue weighted by Gasteiger charge is 2.13. The van der Waals surface area contributed by atoms with Gasteiger partial charge in [-0.05, 0) is 30.7 Å². The van der Waals surface area contributed by atoms with E-state index in [-0.39, 0.29) is 11.1 Å². The van der Waals surface area contributed by atoms with Crippen molar-refractivity contribution in [2.45, 2.75) is 12.5 Å². The fraction of sp³-hybridized carbons (Fsp3) is 0.333. The maximum Gasteiger partial charge on any atom is 0.263 e. The van der Waals surface area contributed by atoms with E-state index in [9.17, 15) is 14.7 Å². The Labute approximate surface area is 122 Å². The van der Waals surface area contributed by atoms with E-state index in [0.29, 0.717) is 13.0 Å². The lowest BCUT2D eigenvalue weighted by atomic mass is 10.2. The van der Waals surface area contributed by atoms with Gasteiger partial charge in [0, 0.05) is 38.7 Å². The summed E-state index contributed by atoms with van der Waals surface area (Å²) >= 11 is 0. The molecule has 0 aromatic carbocycles. The molecule has 1 amide bonds. The normalized spacial score (nSPS) is 12.1. The molecule has 0 spiro atoms. The molecule has 0 fully saturated rings. The van der Waals surface area contributed by atoms with Crippen molar-refractivity contribution in [1.29, 1.82) is 0 Å². The number of rotatable bonds is 5. The summed E-state index contributed by atoms with van der Waals surface area (Å²) in [4.78, 5) is 23.7. The molecule has 2 N–H and O–H groups in total. The van der Waals surface area contributed by atoms with Crippen LogP contribution >= 0.6 is 0 Å². The maximum atomic E-state index is 11.9. The van der Waals surface area contributed by atoms with E-state index in [1.54, 1.807) is 19.3 Å². The zero-order valence-electron chi connectivity index (χ0n) is 12.1. The van der Waals surface area contributed by atoms with E-state index in [2.05, 4.69) is 5.32 Å². The number of nitrogens with one attached hydrogen (secondary N) is 1. The second-order valence-electron chi connectivity index (χ2n) is 4.94. The van der Waals surface area contributed by atoms with Crippen molar-refractivity contribution in [2.75, 3.05) is 6.54 Å². The molecule has 2 aromatic heterocycles. The lowest BCUT2D eigenvalue weighted by molar-refractivity contribution is 0.0939. The van der Waals surface area contributed by atoms with Crippen molar-refractivity contribution in [2.24, 2.45) is 14.1 Å². The molecule has 0 bridgehead atoms. The lowest BCUT2D eigenvalue weighted by Gasteiger charge is -2.12. The van der Waals surface area contributed by atoms with E-state index in [0.717, 1.165) is 5.69 Å². The van der Waals surface area contributed by atoms with Crippen molar-refractivity contribution < 1.29 is 9.90 Å². The molecule has 2 aromatic rings. The number of pyridine rings is 1. The Balaban J connectivity index is 1.92. The molecule has 6 heteroatoms. The average molecular weight is 289 g/mol. The number of hydrogen-bond donors (Lipinski definition) is 2. The van der Waals surface area contributed by atoms with E-state index >= 15 is 0 Å². The number of aromatic nitrogens is 2. The molecule has 21 heavy (non-hydrogen) atoms. The van der Waals surface area contributed by atoms with Gasteiger partial charge in [-0.2, -0.15) is 0 Å². The number of aryl methyl sites for hydroxylation is 2. The highest BCUT2D eigenvalue weighted by atomic mass is 16.3. The number of aliphatic hydroxyl groups is 1. The summed E-state index contributed by atoms with van der Waals surface area (Å²) in [6, 6.07) is 6.82. The Bertz CT molecular complexity index is 687. The van der Waals surface area contributed by atoms with Crippen molar-refractivity contribution in [3.05, 3.63) is 58.3 Å². The zero-order valence-corrected chi connectivity index (χ0v) is 12.1. The van der Waals surface area contributed by atoms with Gasteiger partial charge in [0.2, 0.25) is 0 Å². The Kier molecular flexibility index (Phi) is 4.59. The fourth-order valence-electron chi connectivity index (χ4n) is 2.16. The molecule has 0 aliphatic heterocycles. The van der Waals surface area contributed by atoms with E-state index in [4.69, 9.17) is 0 Å². The Morgan fingerprint density at radius 3 is 2.57 bits per heavy atom. The number of aliphatic hydroxyl groups excluding tert-OH is 1. The topological polar surface area (TPSA) is 76.3 Å². The molecule has 1 atom stereocenters. The summed E-state index contributed by atoms with van der Waals surface area (Å²) in [6.45, 7) is 0.295. The molecule has 0 radical (unpaired) electrons. The zero-order chi connectivity index (χ0) is 15.4. The van der Waals surface area contributed by atoms with Crippen LogP contribution in [0.3, 0.4) is 0 Å². The number of carbonyl (C=O) groups is 1. The summed E-state index contributed by atoms with van der Waals surface area (Å²) in [5, 5.41) is 12.7. The average Bonchev–Trinajstić information content (AvgIpc) is 2.88. The standard InChI is InChI=1S/C15H19N3O3/c1-17-9-4-6-12(17)13(19)7-8-16-14(20)11-5-3-10-18(2)15(11)21/h3-6,9-10,13,19H,7-8H2,1-2H3,(H,16,20). The van der Waals surface area contributed by atoms with Crippen molar-refractivity contribution in [3.8, 4) is 0 Å². The summed E-state index contributed by atoms with van der Waals surface area (Å²) < 4.78 is 3.19. The second-order valence-corrected chi connectivity index (χ2v) is 4.94. The van der Waals surface area contributed by atoms with Gasteiger partial charge in [0.1, 0.15) is 5.56 Å². The van der Waals surface area contributed by atoms with Gasteiger partial charge in [-0.3, -0.25) is 9.59 Å². The van der Waals surface area contributed by atoms with Crippen LogP contribution < -0.4 is 10.9 Å². The van der Waals surface area contributed by atoms with E-state index in [1.165, 1.54) is 10.6 Å². The van der Waals surface area contributed by atoms with Gasteiger partial charge in [-0.25, -0.2) is 0 Å². The molecular formula is C15H19N3O3. The van der Waals surface area contributed by atoms with Crippen LogP contribution in [0, 0.1) is 0 Å². The van der Waals surface area contributed by atoms with E-state index < -0.39 is 12.0 Å². The molecule has 2 heterocycles. The third-order valence-corrected chi connectivity index (χ3v) is 3.40. The monoisotopic (exact) mass is 289 g/mol. The van der Waals surface area contributed by atoms with Crippen molar-refractivity contribution in [1.82, 2.24) is 14.5 Å². The third-order valence-electron chi connectivity index (χ3n) is 3.40. The number of amides is 1. The van der Waals surface area contributed by atoms with Crippen LogP contribution in [-0.2, 0) is 14.1 Å². The summed E-state index contributed by atoms with van der Waals surface area (Å²) in [5.74, 6) is -0.421. The van der Waals surface area contributed by atoms with Gasteiger partial charge >= 0.3 is 0 Å². The first-order valence-electron chi connectivity index (χ1n) is 6.74. The molecular weight excluding hydrogens is 270 g/mol. The number of nitrogens with zero attached hydrogens (tertiary/aromatic N) is 2. The SMILES string of the molecule is Cn1cccc1C(O)CCNC(=O)c1cccn(C)c1=O. The Morgan fingerprint density at radius 1 is 1.24 bits per heavy atom. The smallest absolute Gasteiger partial charge is 0.263 e. The van der Waals surface area contributed by atoms with E-state index in [1.807, 2.05) is 29.9 Å². The Hall–Kier alpha value is -2.34. The minimum absolute atomic E-state index is 0.105. The Morgan fingerprint density at radius 2 is 1.90 bits per heavy atom. The molecule has 1 unspecified atom stereocenters. The predicted molar refractivity (Wildman–Crippen MR) is 79.0 cm³/mol. The highest BCUT2D eigenvalue weighted by molar-refractivity contribution is 5.93. The summed E-state index contributed by atoms with van der Waals surface area (Å²) in [5.41, 5.74) is 0.561. The maximum absolute atomic E-state index is 11.9. The lowest BCUT2D eigenvalue weighted by Crippen LogP contribution is -2.32. The minimum Gasteiger partial charge on any atom is -0.387 e. The predicted octanol–water partition coefficient (Wildman–Crippen LogP) is 0.577. The first kappa shape index (κ1) is 15.1. The molecule has 0 aliphatic rings. The van der Waals surface area contributed by atoms with Gasteiger partial charge in [0.25, 0.3) is 11.5 Å². The van der Waals surface area contributed by atoms with Crippen molar-refractivity contribution in [3.63, 3.8) is 0 Å². The second kappa shape index (κ2) is 6.41. The molecule has 2 rings (SSSR count). The van der Waals surface area contributed by atoms with Crippen LogP contribution in [0.2, 0.25) is 0 Å². The van der Waals surface area contributed by atoms with Crippen LogP contribution in [-0.4, -0.2) is 26.7 Å². The molecule has 6 nitrogen and oxygen atoms in total. The number of carbonyl (C=O) groups excluding carboxylic acids is 1. The molecule has 0 aliphatic carbocycles. The van der Waals surface area contributed by atoms with Crippen LogP contribution in [0.15, 0.2) is 41.5 Å². The van der Waals surface area contributed by atoms with Crippen LogP contribution in [0.25, 0.3) is 0 Å². The first-order chi connectivity index (χ1) is 10.0. The summed E-state index contributed by atoms with van der Waals surface area (Å²) in [7, 11) is 3.45. The summed E-state index contributed by atoms with van der Waals surface area (Å²) in [6.07, 6.45) is 3.18. The largest absolute Gasteiger partial charge is 0.387 e. The molecule has 0 saturated heterocycles. The quantitative estimate of drug-likeness (QED) is 0.845. The molecule has 112 valence electrons. The van der Waals surface area contributed by atoms with Gasteiger partial charge in [0.15, 0.2) is 0 Å². The van der Waals surface area contributed by atoms with Gasteiger partial charge in [-0.15, -0.1) is 0 Å². The van der Waals surface area contributed by atoms with Gasteiger partial charge in [0.05, 0.1) is 6.10 Å². The van der Waals surface area contributed by atoms with Crippen LogP contribution in [0.5, 0.6) is 0 Å². The molecule has 0 saturated carbocycles. The fourth-order valence-corrected chi connectivity index (χ4v) is 2.16. The first-order valence-corrected chi connectivity index (χ1v) is 6.74. The highest BCUT2D eigenvalue weighted by Crippen LogP contribution is 2.15. The van der Waals surface area contributed by atoms with Crippen LogP contribution in [0.1, 0.15) is 28.6 Å². The van der Waals surface area contributed by atoms with Crippen LogP contribution in [0.4, 0.5) is 0 Å². The third kappa shape index (κ3) is 3.41. The minimum atomic E-state index is -0.649. The number of hydrogen-bond acceptors (Lipinski definition) is 3. The van der Waals surface area contributed by atoms with Crippen molar-refractivity contribution >= 4 is 5.91 Å². The van der Waals surface area contributed by atoms with Gasteiger partial charge < -0.3 is 19.6 Å². The van der Waals surface area contributed by atoms with Gasteiger partial charge in [-0.1, -0.05) is 0 Å².